The maximum absolute atomic E-state index is 11.9. The Bertz CT molecular complexity index is 421. The van der Waals surface area contributed by atoms with E-state index in [2.05, 4.69) is 24.1 Å². The maximum atomic E-state index is 11.9. The molecule has 1 aromatic rings. The Kier molecular flexibility index (Phi) is 6.12. The van der Waals surface area contributed by atoms with Crippen LogP contribution in [0.2, 0.25) is 0 Å². The van der Waals surface area contributed by atoms with Gasteiger partial charge in [0, 0.05) is 6.04 Å². The summed E-state index contributed by atoms with van der Waals surface area (Å²) in [4.78, 5) is 16.1. The summed E-state index contributed by atoms with van der Waals surface area (Å²) in [6.45, 7) is 6.34. The van der Waals surface area contributed by atoms with Gasteiger partial charge < -0.3 is 15.8 Å². The van der Waals surface area contributed by atoms with E-state index in [1.165, 1.54) is 0 Å². The van der Waals surface area contributed by atoms with E-state index in [-0.39, 0.29) is 0 Å². The quantitative estimate of drug-likeness (QED) is 0.741. The van der Waals surface area contributed by atoms with Gasteiger partial charge in [-0.05, 0) is 25.8 Å². The molecule has 106 valence electrons. The first-order valence-electron chi connectivity index (χ1n) is 6.81. The predicted octanol–water partition coefficient (Wildman–Crippen LogP) is 2.83. The largest absolute Gasteiger partial charge is 0.462 e. The number of aromatic nitrogens is 1. The van der Waals surface area contributed by atoms with Crippen molar-refractivity contribution >= 4 is 17.5 Å². The zero-order valence-electron chi connectivity index (χ0n) is 11.9. The molecule has 0 aliphatic rings. The van der Waals surface area contributed by atoms with Gasteiger partial charge in [-0.2, -0.15) is 0 Å². The summed E-state index contributed by atoms with van der Waals surface area (Å²) in [6, 6.07) is 1.90. The average Bonchev–Trinajstić information content (AvgIpc) is 2.40. The van der Waals surface area contributed by atoms with Gasteiger partial charge >= 0.3 is 5.97 Å². The van der Waals surface area contributed by atoms with Crippen molar-refractivity contribution in [1.29, 1.82) is 0 Å². The van der Waals surface area contributed by atoms with Crippen molar-refractivity contribution in [2.45, 2.75) is 46.1 Å². The number of rotatable bonds is 7. The lowest BCUT2D eigenvalue weighted by atomic mass is 10.1. The minimum absolute atomic E-state index is 0.300. The Morgan fingerprint density at radius 2 is 2.21 bits per heavy atom. The summed E-state index contributed by atoms with van der Waals surface area (Å²) in [7, 11) is 0. The molecule has 0 amide bonds. The Balaban J connectivity index is 2.95. The molecular formula is C14H23N3O2. The second-order valence-corrected chi connectivity index (χ2v) is 4.42. The predicted molar refractivity (Wildman–Crippen MR) is 77.2 cm³/mol. The number of pyridine rings is 1. The smallest absolute Gasteiger partial charge is 0.341 e. The Labute approximate surface area is 114 Å². The van der Waals surface area contributed by atoms with E-state index in [9.17, 15) is 4.79 Å². The second-order valence-electron chi connectivity index (χ2n) is 4.42. The van der Waals surface area contributed by atoms with Crippen molar-refractivity contribution in [2.24, 2.45) is 0 Å². The van der Waals surface area contributed by atoms with Crippen LogP contribution in [0, 0.1) is 0 Å². The number of nitrogens with zero attached hydrogens (tertiary/aromatic N) is 1. The van der Waals surface area contributed by atoms with Crippen LogP contribution in [-0.4, -0.2) is 23.6 Å². The van der Waals surface area contributed by atoms with Gasteiger partial charge in [0.05, 0.1) is 18.5 Å². The van der Waals surface area contributed by atoms with Crippen LogP contribution < -0.4 is 11.1 Å². The van der Waals surface area contributed by atoms with Crippen LogP contribution in [0.4, 0.5) is 11.5 Å². The zero-order valence-corrected chi connectivity index (χ0v) is 11.9. The molecular weight excluding hydrogens is 242 g/mol. The minimum Gasteiger partial charge on any atom is -0.462 e. The van der Waals surface area contributed by atoms with Gasteiger partial charge in [-0.3, -0.25) is 0 Å². The van der Waals surface area contributed by atoms with Gasteiger partial charge in [0.25, 0.3) is 0 Å². The number of hydrogen-bond acceptors (Lipinski definition) is 5. The first-order chi connectivity index (χ1) is 9.12. The number of esters is 1. The lowest BCUT2D eigenvalue weighted by Gasteiger charge is -2.18. The molecule has 1 atom stereocenters. The normalized spacial score (nSPS) is 11.9. The third kappa shape index (κ3) is 4.43. The van der Waals surface area contributed by atoms with Gasteiger partial charge in [-0.1, -0.05) is 20.3 Å². The minimum atomic E-state index is -0.392. The highest BCUT2D eigenvalue weighted by Crippen LogP contribution is 2.19. The average molecular weight is 265 g/mol. The fraction of sp³-hybridized carbons (Fsp3) is 0.571. The van der Waals surface area contributed by atoms with Crippen LogP contribution in [0.3, 0.4) is 0 Å². The maximum Gasteiger partial charge on any atom is 0.341 e. The van der Waals surface area contributed by atoms with Gasteiger partial charge in [0.2, 0.25) is 0 Å². The molecule has 5 nitrogen and oxygen atoms in total. The van der Waals surface area contributed by atoms with Crippen molar-refractivity contribution in [2.75, 3.05) is 17.7 Å². The van der Waals surface area contributed by atoms with Crippen molar-refractivity contribution in [3.05, 3.63) is 17.8 Å². The van der Waals surface area contributed by atoms with Crippen LogP contribution in [0.5, 0.6) is 0 Å². The summed E-state index contributed by atoms with van der Waals surface area (Å²) < 4.78 is 5.02. The summed E-state index contributed by atoms with van der Waals surface area (Å²) >= 11 is 0. The van der Waals surface area contributed by atoms with E-state index in [1.54, 1.807) is 19.2 Å². The summed E-state index contributed by atoms with van der Waals surface area (Å²) in [5, 5.41) is 3.30. The van der Waals surface area contributed by atoms with E-state index in [0.717, 1.165) is 19.3 Å². The first kappa shape index (κ1) is 15.3. The monoisotopic (exact) mass is 265 g/mol. The number of nitrogen functional groups attached to an aromatic ring is 1. The van der Waals surface area contributed by atoms with Crippen molar-refractivity contribution in [3.63, 3.8) is 0 Å². The van der Waals surface area contributed by atoms with E-state index >= 15 is 0 Å². The van der Waals surface area contributed by atoms with Gasteiger partial charge in [0.15, 0.2) is 0 Å². The molecule has 0 saturated carbocycles. The van der Waals surface area contributed by atoms with E-state index in [4.69, 9.17) is 10.5 Å². The first-order valence-corrected chi connectivity index (χ1v) is 6.81. The number of anilines is 2. The van der Waals surface area contributed by atoms with Gasteiger partial charge in [-0.15, -0.1) is 0 Å². The number of nitrogens with one attached hydrogen (secondary N) is 1. The van der Waals surface area contributed by atoms with Crippen LogP contribution in [0.25, 0.3) is 0 Å². The third-order valence-electron chi connectivity index (χ3n) is 2.87. The van der Waals surface area contributed by atoms with Gasteiger partial charge in [0.1, 0.15) is 11.4 Å². The SMILES string of the molecule is CCCC(CC)Nc1ncc(N)cc1C(=O)OCC. The molecule has 1 unspecified atom stereocenters. The number of nitrogens with two attached hydrogens (primary N) is 1. The van der Waals surface area contributed by atoms with Gasteiger partial charge in [-0.25, -0.2) is 9.78 Å². The second kappa shape index (κ2) is 7.61. The highest BCUT2D eigenvalue weighted by atomic mass is 16.5. The lowest BCUT2D eigenvalue weighted by molar-refractivity contribution is 0.0527. The van der Waals surface area contributed by atoms with Crippen LogP contribution >= 0.6 is 0 Å². The molecule has 0 bridgehead atoms. The van der Waals surface area contributed by atoms with Crippen LogP contribution in [0.1, 0.15) is 50.4 Å². The molecule has 1 heterocycles. The lowest BCUT2D eigenvalue weighted by Crippen LogP contribution is -2.21. The van der Waals surface area contributed by atoms with Crippen LogP contribution in [0.15, 0.2) is 12.3 Å². The number of ether oxygens (including phenoxy) is 1. The van der Waals surface area contributed by atoms with Crippen molar-refractivity contribution in [1.82, 2.24) is 4.98 Å². The molecule has 0 spiro atoms. The molecule has 5 heteroatoms. The molecule has 19 heavy (non-hydrogen) atoms. The topological polar surface area (TPSA) is 77.2 Å². The third-order valence-corrected chi connectivity index (χ3v) is 2.87. The summed E-state index contributed by atoms with van der Waals surface area (Å²) in [6.07, 6.45) is 4.63. The van der Waals surface area contributed by atoms with Crippen molar-refractivity contribution in [3.8, 4) is 0 Å². The Morgan fingerprint density at radius 3 is 2.79 bits per heavy atom. The van der Waals surface area contributed by atoms with E-state index in [1.807, 2.05) is 0 Å². The molecule has 3 N–H and O–H groups in total. The Hall–Kier alpha value is -1.78. The molecule has 0 fully saturated rings. The van der Waals surface area contributed by atoms with Crippen LogP contribution in [-0.2, 0) is 4.74 Å². The fourth-order valence-electron chi connectivity index (χ4n) is 1.88. The Morgan fingerprint density at radius 1 is 1.47 bits per heavy atom. The molecule has 0 radical (unpaired) electrons. The molecule has 0 aromatic carbocycles. The van der Waals surface area contributed by atoms with E-state index < -0.39 is 5.97 Å². The number of carbonyl (C=O) groups excluding carboxylic acids is 1. The van der Waals surface area contributed by atoms with E-state index in [0.29, 0.717) is 29.7 Å². The molecule has 0 aliphatic heterocycles. The number of carbonyl (C=O) groups is 1. The highest BCUT2D eigenvalue weighted by molar-refractivity contribution is 5.95. The fourth-order valence-corrected chi connectivity index (χ4v) is 1.88. The standard InChI is InChI=1S/C14H23N3O2/c1-4-7-11(5-2)17-13-12(14(18)19-6-3)8-10(15)9-16-13/h8-9,11H,4-7,15H2,1-3H3,(H,16,17). The molecule has 0 saturated heterocycles. The highest BCUT2D eigenvalue weighted by Gasteiger charge is 2.16. The summed E-state index contributed by atoms with van der Waals surface area (Å²) in [5.74, 6) is 0.157. The summed E-state index contributed by atoms with van der Waals surface area (Å²) in [5.41, 5.74) is 6.54. The zero-order chi connectivity index (χ0) is 14.3. The number of hydrogen-bond donors (Lipinski definition) is 2. The molecule has 1 rings (SSSR count). The molecule has 1 aromatic heterocycles. The molecule has 0 aliphatic carbocycles. The van der Waals surface area contributed by atoms with Crippen molar-refractivity contribution < 1.29 is 9.53 Å².